The van der Waals surface area contributed by atoms with E-state index < -0.39 is 10.0 Å². The van der Waals surface area contributed by atoms with Crippen LogP contribution in [-0.4, -0.2) is 44.1 Å². The summed E-state index contributed by atoms with van der Waals surface area (Å²) in [4.78, 5) is 14.6. The first-order valence-corrected chi connectivity index (χ1v) is 10.3. The Balaban J connectivity index is 1.86. The molecule has 0 aromatic rings. The van der Waals surface area contributed by atoms with Crippen molar-refractivity contribution in [1.29, 1.82) is 0 Å². The van der Waals surface area contributed by atoms with Crippen molar-refractivity contribution >= 4 is 15.9 Å². The van der Waals surface area contributed by atoms with E-state index in [-0.39, 0.29) is 17.1 Å². The van der Waals surface area contributed by atoms with Gasteiger partial charge in [0, 0.05) is 25.6 Å². The van der Waals surface area contributed by atoms with Gasteiger partial charge < -0.3 is 4.90 Å². The van der Waals surface area contributed by atoms with Crippen molar-refractivity contribution in [3.63, 3.8) is 0 Å². The molecule has 0 heterocycles. The van der Waals surface area contributed by atoms with E-state index in [0.717, 1.165) is 12.8 Å². The quantitative estimate of drug-likeness (QED) is 0.841. The lowest BCUT2D eigenvalue weighted by molar-refractivity contribution is -0.137. The van der Waals surface area contributed by atoms with Crippen molar-refractivity contribution in [2.75, 3.05) is 13.6 Å². The molecule has 1 N–H and O–H groups in total. The van der Waals surface area contributed by atoms with Gasteiger partial charge in [-0.2, -0.15) is 0 Å². The predicted molar refractivity (Wildman–Crippen MR) is 88.0 cm³/mol. The van der Waals surface area contributed by atoms with Gasteiger partial charge in [-0.15, -0.1) is 0 Å². The van der Waals surface area contributed by atoms with E-state index in [9.17, 15) is 13.2 Å². The van der Waals surface area contributed by atoms with Crippen LogP contribution in [0.4, 0.5) is 0 Å². The third-order valence-electron chi connectivity index (χ3n) is 5.28. The van der Waals surface area contributed by atoms with Crippen molar-refractivity contribution in [2.45, 2.75) is 76.0 Å². The summed E-state index contributed by atoms with van der Waals surface area (Å²) in [6.45, 7) is 2.23. The molecule has 2 aliphatic rings. The van der Waals surface area contributed by atoms with E-state index in [1.54, 1.807) is 6.92 Å². The molecule has 2 fully saturated rings. The molecular weight excluding hydrogens is 300 g/mol. The number of hydrogen-bond acceptors (Lipinski definition) is 3. The molecule has 0 atom stereocenters. The highest BCUT2D eigenvalue weighted by Gasteiger charge is 2.35. The second kappa shape index (κ2) is 7.77. The van der Waals surface area contributed by atoms with Gasteiger partial charge in [0.25, 0.3) is 0 Å². The lowest BCUT2D eigenvalue weighted by Crippen LogP contribution is -2.44. The fraction of sp³-hybridized carbons (Fsp3) is 0.938. The molecule has 6 heteroatoms. The third-order valence-corrected chi connectivity index (χ3v) is 7.32. The van der Waals surface area contributed by atoms with Crippen molar-refractivity contribution < 1.29 is 13.2 Å². The number of nitrogens with zero attached hydrogens (tertiary/aromatic N) is 1. The number of rotatable bonds is 5. The van der Waals surface area contributed by atoms with Crippen molar-refractivity contribution in [2.24, 2.45) is 5.92 Å². The van der Waals surface area contributed by atoms with Gasteiger partial charge in [0.05, 0.1) is 5.25 Å². The summed E-state index contributed by atoms with van der Waals surface area (Å²) in [7, 11) is -1.27. The number of carbonyl (C=O) groups is 1. The van der Waals surface area contributed by atoms with Crippen LogP contribution < -0.4 is 4.72 Å². The topological polar surface area (TPSA) is 66.5 Å². The number of hydrogen-bond donors (Lipinski definition) is 1. The lowest BCUT2D eigenvalue weighted by atomic mass is 9.86. The molecule has 0 bridgehead atoms. The first-order chi connectivity index (χ1) is 10.5. The molecule has 2 rings (SSSR count). The van der Waals surface area contributed by atoms with E-state index in [0.29, 0.717) is 38.3 Å². The maximum absolute atomic E-state index is 12.6. The van der Waals surface area contributed by atoms with Crippen LogP contribution in [0.5, 0.6) is 0 Å². The van der Waals surface area contributed by atoms with Gasteiger partial charge in [0.15, 0.2) is 0 Å². The zero-order valence-electron chi connectivity index (χ0n) is 13.9. The van der Waals surface area contributed by atoms with Crippen molar-refractivity contribution in [3.8, 4) is 0 Å². The van der Waals surface area contributed by atoms with Crippen LogP contribution in [0.25, 0.3) is 0 Å². The zero-order valence-corrected chi connectivity index (χ0v) is 14.7. The van der Waals surface area contributed by atoms with E-state index in [4.69, 9.17) is 0 Å². The van der Waals surface area contributed by atoms with Gasteiger partial charge in [-0.25, -0.2) is 13.1 Å². The van der Waals surface area contributed by atoms with E-state index in [1.807, 2.05) is 11.9 Å². The van der Waals surface area contributed by atoms with Crippen LogP contribution in [0, 0.1) is 5.92 Å². The molecule has 0 radical (unpaired) electrons. The molecule has 0 unspecified atom stereocenters. The molecule has 128 valence electrons. The summed E-state index contributed by atoms with van der Waals surface area (Å²) in [5, 5.41) is -0.323. The minimum Gasteiger partial charge on any atom is -0.343 e. The molecular formula is C16H30N2O3S. The largest absolute Gasteiger partial charge is 0.343 e. The number of amides is 1. The minimum atomic E-state index is -3.20. The third kappa shape index (κ3) is 4.22. The summed E-state index contributed by atoms with van der Waals surface area (Å²) in [6.07, 6.45) is 8.56. The maximum Gasteiger partial charge on any atom is 0.225 e. The van der Waals surface area contributed by atoms with Gasteiger partial charge >= 0.3 is 0 Å². The van der Waals surface area contributed by atoms with Gasteiger partial charge in [0.2, 0.25) is 15.9 Å². The summed E-state index contributed by atoms with van der Waals surface area (Å²) in [6, 6.07) is 0.393. The molecule has 0 aromatic heterocycles. The Morgan fingerprint density at radius 3 is 2.18 bits per heavy atom. The highest BCUT2D eigenvalue weighted by atomic mass is 32.2. The fourth-order valence-electron chi connectivity index (χ4n) is 3.88. The van der Waals surface area contributed by atoms with Gasteiger partial charge in [-0.05, 0) is 38.5 Å². The minimum absolute atomic E-state index is 0.0139. The molecule has 1 amide bonds. The fourth-order valence-corrected chi connectivity index (χ4v) is 5.41. The highest BCUT2D eigenvalue weighted by molar-refractivity contribution is 7.90. The zero-order chi connectivity index (χ0) is 16.2. The van der Waals surface area contributed by atoms with Crippen LogP contribution in [0.3, 0.4) is 0 Å². The SMILES string of the molecule is CCNS(=O)(=O)C1CCC(C(=O)N(C)C2CCCCC2)CC1. The number of carbonyl (C=O) groups excluding carboxylic acids is 1. The van der Waals surface area contributed by atoms with Gasteiger partial charge in [0.1, 0.15) is 0 Å². The molecule has 0 aliphatic heterocycles. The van der Waals surface area contributed by atoms with Crippen LogP contribution in [0.2, 0.25) is 0 Å². The van der Waals surface area contributed by atoms with E-state index in [1.165, 1.54) is 19.3 Å². The van der Waals surface area contributed by atoms with Crippen LogP contribution in [-0.2, 0) is 14.8 Å². The average molecular weight is 330 g/mol. The van der Waals surface area contributed by atoms with Crippen LogP contribution >= 0.6 is 0 Å². The molecule has 5 nitrogen and oxygen atoms in total. The smallest absolute Gasteiger partial charge is 0.225 e. The number of nitrogens with one attached hydrogen (secondary N) is 1. The Kier molecular flexibility index (Phi) is 6.26. The molecule has 0 aromatic carbocycles. The van der Waals surface area contributed by atoms with Gasteiger partial charge in [-0.1, -0.05) is 26.2 Å². The summed E-state index contributed by atoms with van der Waals surface area (Å²) >= 11 is 0. The highest BCUT2D eigenvalue weighted by Crippen LogP contribution is 2.31. The Labute approximate surface area is 134 Å². The summed E-state index contributed by atoms with van der Waals surface area (Å²) < 4.78 is 26.7. The molecule has 0 spiro atoms. The van der Waals surface area contributed by atoms with E-state index >= 15 is 0 Å². The van der Waals surface area contributed by atoms with Crippen LogP contribution in [0.15, 0.2) is 0 Å². The van der Waals surface area contributed by atoms with Crippen LogP contribution in [0.1, 0.15) is 64.7 Å². The number of sulfonamides is 1. The molecule has 22 heavy (non-hydrogen) atoms. The summed E-state index contributed by atoms with van der Waals surface area (Å²) in [5.41, 5.74) is 0. The second-order valence-corrected chi connectivity index (χ2v) is 8.80. The second-order valence-electron chi connectivity index (χ2n) is 6.76. The average Bonchev–Trinajstić information content (AvgIpc) is 2.54. The Bertz CT molecular complexity index is 464. The standard InChI is InChI=1S/C16H30N2O3S/c1-3-17-22(20,21)15-11-9-13(10-12-15)16(19)18(2)14-7-5-4-6-8-14/h13-15,17H,3-12H2,1-2H3. The first kappa shape index (κ1) is 17.7. The Morgan fingerprint density at radius 1 is 1.05 bits per heavy atom. The molecule has 2 saturated carbocycles. The Hall–Kier alpha value is -0.620. The summed E-state index contributed by atoms with van der Waals surface area (Å²) in [5.74, 6) is 0.242. The van der Waals surface area contributed by atoms with Gasteiger partial charge in [-0.3, -0.25) is 4.79 Å². The molecule has 2 aliphatic carbocycles. The normalized spacial score (nSPS) is 27.5. The Morgan fingerprint density at radius 2 is 1.64 bits per heavy atom. The predicted octanol–water partition coefficient (Wildman–Crippen LogP) is 2.28. The monoisotopic (exact) mass is 330 g/mol. The van der Waals surface area contributed by atoms with E-state index in [2.05, 4.69) is 4.72 Å². The first-order valence-electron chi connectivity index (χ1n) is 8.71. The lowest BCUT2D eigenvalue weighted by Gasteiger charge is -2.35. The molecule has 0 saturated heterocycles. The van der Waals surface area contributed by atoms with Crippen molar-refractivity contribution in [1.82, 2.24) is 9.62 Å². The maximum atomic E-state index is 12.6. The van der Waals surface area contributed by atoms with Crippen molar-refractivity contribution in [3.05, 3.63) is 0 Å².